The maximum absolute atomic E-state index is 13.1. The van der Waals surface area contributed by atoms with Crippen LogP contribution in [0.1, 0.15) is 18.2 Å². The van der Waals surface area contributed by atoms with Crippen molar-refractivity contribution in [3.63, 3.8) is 0 Å². The number of sulfone groups is 1. The quantitative estimate of drug-likeness (QED) is 0.536. The summed E-state index contributed by atoms with van der Waals surface area (Å²) < 4.78 is 104. The molecule has 31 heavy (non-hydrogen) atoms. The van der Waals surface area contributed by atoms with Crippen molar-refractivity contribution in [3.05, 3.63) is 47.8 Å². The summed E-state index contributed by atoms with van der Waals surface area (Å²) in [5.74, 6) is -0.471. The molecule has 0 fully saturated rings. The van der Waals surface area contributed by atoms with Crippen molar-refractivity contribution < 1.29 is 34.8 Å². The van der Waals surface area contributed by atoms with E-state index >= 15 is 0 Å². The molecular weight excluding hydrogens is 450 g/mol. The van der Waals surface area contributed by atoms with Gasteiger partial charge in [-0.25, -0.2) is 8.42 Å². The third kappa shape index (κ3) is 4.40. The van der Waals surface area contributed by atoms with Crippen molar-refractivity contribution in [3.8, 4) is 22.8 Å². The van der Waals surface area contributed by atoms with Crippen molar-refractivity contribution in [1.29, 1.82) is 0 Å². The molecule has 0 saturated heterocycles. The number of nitrogens with zero attached hydrogens (tertiary/aromatic N) is 4. The maximum atomic E-state index is 13.1. The summed E-state index contributed by atoms with van der Waals surface area (Å²) in [4.78, 5) is 2.76. The zero-order chi connectivity index (χ0) is 23.2. The Morgan fingerprint density at radius 2 is 1.58 bits per heavy atom. The van der Waals surface area contributed by atoms with Gasteiger partial charge in [0.1, 0.15) is 5.69 Å². The second-order valence-corrected chi connectivity index (χ2v) is 8.69. The Kier molecular flexibility index (Phi) is 5.59. The van der Waals surface area contributed by atoms with Crippen LogP contribution in [-0.2, 0) is 29.2 Å². The first-order valence-electron chi connectivity index (χ1n) is 8.63. The standard InChI is InChI=1S/C18H14F6N4O2S/c1-3-31(29,30)13-8-11(17(19,20)21)5-6-12(13)16-27-26-15(28(16)2)10-4-7-14(25-9-10)18(22,23)24/h4-9H,3H2,1-2H3. The van der Waals surface area contributed by atoms with Crippen LogP contribution in [0.5, 0.6) is 0 Å². The lowest BCUT2D eigenvalue weighted by atomic mass is 10.1. The third-order valence-corrected chi connectivity index (χ3v) is 6.22. The molecule has 3 aromatic rings. The second kappa shape index (κ2) is 7.62. The van der Waals surface area contributed by atoms with E-state index in [9.17, 15) is 34.8 Å². The summed E-state index contributed by atoms with van der Waals surface area (Å²) in [6, 6.07) is 4.08. The maximum Gasteiger partial charge on any atom is 0.433 e. The summed E-state index contributed by atoms with van der Waals surface area (Å²) in [5.41, 5.74) is -2.22. The van der Waals surface area contributed by atoms with E-state index in [1.54, 1.807) is 0 Å². The number of halogens is 6. The van der Waals surface area contributed by atoms with Crippen LogP contribution in [0.4, 0.5) is 26.3 Å². The summed E-state index contributed by atoms with van der Waals surface area (Å²) in [6.07, 6.45) is -8.46. The SMILES string of the molecule is CCS(=O)(=O)c1cc(C(F)(F)F)ccc1-c1nnc(-c2ccc(C(F)(F)F)nc2)n1C. The number of aromatic nitrogens is 4. The van der Waals surface area contributed by atoms with E-state index in [1.165, 1.54) is 18.5 Å². The molecule has 0 aliphatic rings. The normalized spacial score (nSPS) is 12.9. The van der Waals surface area contributed by atoms with Crippen LogP contribution < -0.4 is 0 Å². The Balaban J connectivity index is 2.14. The highest BCUT2D eigenvalue weighted by Crippen LogP contribution is 2.36. The van der Waals surface area contributed by atoms with Crippen molar-refractivity contribution in [2.45, 2.75) is 24.2 Å². The molecule has 0 spiro atoms. The highest BCUT2D eigenvalue weighted by molar-refractivity contribution is 7.91. The molecular formula is C18H14F6N4O2S. The van der Waals surface area contributed by atoms with E-state index in [2.05, 4.69) is 15.2 Å². The van der Waals surface area contributed by atoms with Gasteiger partial charge in [-0.15, -0.1) is 10.2 Å². The first kappa shape index (κ1) is 22.7. The first-order valence-corrected chi connectivity index (χ1v) is 10.3. The molecule has 3 rings (SSSR count). The largest absolute Gasteiger partial charge is 0.433 e. The number of pyridine rings is 1. The molecule has 0 N–H and O–H groups in total. The number of rotatable bonds is 4. The van der Waals surface area contributed by atoms with E-state index in [1.807, 2.05) is 0 Å². The van der Waals surface area contributed by atoms with Crippen LogP contribution in [-0.4, -0.2) is 33.9 Å². The summed E-state index contributed by atoms with van der Waals surface area (Å²) in [6.45, 7) is 1.29. The van der Waals surface area contributed by atoms with Crippen LogP contribution in [0.3, 0.4) is 0 Å². The monoisotopic (exact) mass is 464 g/mol. The minimum Gasteiger partial charge on any atom is -0.310 e. The summed E-state index contributed by atoms with van der Waals surface area (Å²) >= 11 is 0. The van der Waals surface area contributed by atoms with Crippen molar-refractivity contribution in [1.82, 2.24) is 19.7 Å². The number of alkyl halides is 6. The van der Waals surface area contributed by atoms with Gasteiger partial charge >= 0.3 is 12.4 Å². The Labute approximate surface area is 172 Å². The Morgan fingerprint density at radius 1 is 0.935 bits per heavy atom. The van der Waals surface area contributed by atoms with Gasteiger partial charge in [-0.05, 0) is 30.3 Å². The molecule has 166 valence electrons. The van der Waals surface area contributed by atoms with Crippen LogP contribution in [0, 0.1) is 0 Å². The van der Waals surface area contributed by atoms with E-state index in [-0.39, 0.29) is 22.8 Å². The van der Waals surface area contributed by atoms with E-state index in [0.29, 0.717) is 6.07 Å². The second-order valence-electron chi connectivity index (χ2n) is 6.45. The van der Waals surface area contributed by atoms with Gasteiger partial charge in [0, 0.05) is 24.4 Å². The molecule has 0 saturated carbocycles. The number of hydrogen-bond donors (Lipinski definition) is 0. The van der Waals surface area contributed by atoms with Crippen LogP contribution >= 0.6 is 0 Å². The lowest BCUT2D eigenvalue weighted by molar-refractivity contribution is -0.141. The van der Waals surface area contributed by atoms with Gasteiger partial charge in [0.25, 0.3) is 0 Å². The molecule has 0 amide bonds. The fourth-order valence-electron chi connectivity index (χ4n) is 2.81. The van der Waals surface area contributed by atoms with Gasteiger partial charge in [-0.1, -0.05) is 6.92 Å². The smallest absolute Gasteiger partial charge is 0.310 e. The minimum atomic E-state index is -4.76. The van der Waals surface area contributed by atoms with Gasteiger partial charge < -0.3 is 4.57 Å². The molecule has 1 aromatic carbocycles. The lowest BCUT2D eigenvalue weighted by Gasteiger charge is -2.13. The molecule has 0 bridgehead atoms. The topological polar surface area (TPSA) is 77.7 Å². The van der Waals surface area contributed by atoms with E-state index in [0.717, 1.165) is 30.5 Å². The van der Waals surface area contributed by atoms with Crippen LogP contribution in [0.25, 0.3) is 22.8 Å². The molecule has 6 nitrogen and oxygen atoms in total. The molecule has 0 aliphatic carbocycles. The molecule has 0 unspecified atom stereocenters. The Hall–Kier alpha value is -2.96. The zero-order valence-electron chi connectivity index (χ0n) is 16.0. The summed E-state index contributed by atoms with van der Waals surface area (Å²) in [7, 11) is -2.67. The van der Waals surface area contributed by atoms with Crippen molar-refractivity contribution in [2.75, 3.05) is 5.75 Å². The van der Waals surface area contributed by atoms with Gasteiger partial charge in [0.15, 0.2) is 21.5 Å². The number of hydrogen-bond acceptors (Lipinski definition) is 5. The number of benzene rings is 1. The van der Waals surface area contributed by atoms with Crippen LogP contribution in [0.2, 0.25) is 0 Å². The minimum absolute atomic E-state index is 0.0518. The molecule has 2 aromatic heterocycles. The van der Waals surface area contributed by atoms with Gasteiger partial charge in [-0.2, -0.15) is 26.3 Å². The van der Waals surface area contributed by atoms with Crippen molar-refractivity contribution >= 4 is 9.84 Å². The summed E-state index contributed by atoms with van der Waals surface area (Å²) in [5, 5.41) is 7.70. The highest BCUT2D eigenvalue weighted by atomic mass is 32.2. The molecule has 13 heteroatoms. The van der Waals surface area contributed by atoms with E-state index in [4.69, 9.17) is 0 Å². The Morgan fingerprint density at radius 3 is 2.10 bits per heavy atom. The zero-order valence-corrected chi connectivity index (χ0v) is 16.8. The predicted octanol–water partition coefficient (Wildman–Crippen LogP) is 4.38. The predicted molar refractivity (Wildman–Crippen MR) is 97.4 cm³/mol. The molecule has 2 heterocycles. The lowest BCUT2D eigenvalue weighted by Crippen LogP contribution is -2.11. The van der Waals surface area contributed by atoms with Gasteiger partial charge in [-0.3, -0.25) is 4.98 Å². The average Bonchev–Trinajstić information content (AvgIpc) is 3.07. The van der Waals surface area contributed by atoms with E-state index < -0.39 is 44.1 Å². The van der Waals surface area contributed by atoms with Gasteiger partial charge in [0.2, 0.25) is 0 Å². The fourth-order valence-corrected chi connectivity index (χ4v) is 3.92. The molecule has 0 radical (unpaired) electrons. The van der Waals surface area contributed by atoms with Gasteiger partial charge in [0.05, 0.1) is 16.2 Å². The third-order valence-electron chi connectivity index (χ3n) is 4.45. The van der Waals surface area contributed by atoms with Crippen molar-refractivity contribution in [2.24, 2.45) is 7.05 Å². The Bertz CT molecular complexity index is 1220. The van der Waals surface area contributed by atoms with Crippen LogP contribution in [0.15, 0.2) is 41.4 Å². The molecule has 0 aliphatic heterocycles. The fraction of sp³-hybridized carbons (Fsp3) is 0.278. The highest BCUT2D eigenvalue weighted by Gasteiger charge is 2.34. The first-order chi connectivity index (χ1) is 14.3. The molecule has 0 atom stereocenters. The average molecular weight is 464 g/mol.